The quantitative estimate of drug-likeness (QED) is 0.895. The number of rotatable bonds is 5. The topological polar surface area (TPSA) is 29.9 Å². The molecule has 1 unspecified atom stereocenters. The second-order valence-corrected chi connectivity index (χ2v) is 5.69. The summed E-state index contributed by atoms with van der Waals surface area (Å²) in [6.45, 7) is 2.89. The molecule has 0 radical (unpaired) electrons. The summed E-state index contributed by atoms with van der Waals surface area (Å²) in [6, 6.07) is 8.52. The van der Waals surface area contributed by atoms with Gasteiger partial charge in [-0.3, -0.25) is 4.68 Å². The highest BCUT2D eigenvalue weighted by molar-refractivity contribution is 9.10. The van der Waals surface area contributed by atoms with Gasteiger partial charge < -0.3 is 5.32 Å². The number of hydrogen-bond acceptors (Lipinski definition) is 2. The third-order valence-corrected chi connectivity index (χ3v) is 3.98. The Morgan fingerprint density at radius 3 is 2.63 bits per heavy atom. The molecule has 0 fully saturated rings. The highest BCUT2D eigenvalue weighted by Gasteiger charge is 2.18. The fourth-order valence-corrected chi connectivity index (χ4v) is 2.70. The van der Waals surface area contributed by atoms with Gasteiger partial charge >= 0.3 is 0 Å². The van der Waals surface area contributed by atoms with E-state index in [1.807, 2.05) is 11.7 Å². The second kappa shape index (κ2) is 6.55. The number of aryl methyl sites for hydroxylation is 1. The van der Waals surface area contributed by atoms with Crippen molar-refractivity contribution in [2.45, 2.75) is 25.9 Å². The van der Waals surface area contributed by atoms with Crippen LogP contribution in [-0.4, -0.2) is 16.8 Å². The van der Waals surface area contributed by atoms with Gasteiger partial charge in [-0.2, -0.15) is 5.10 Å². The zero-order valence-corrected chi connectivity index (χ0v) is 13.4. The predicted octanol–water partition coefficient (Wildman–Crippen LogP) is 3.82. The van der Waals surface area contributed by atoms with E-state index in [1.54, 1.807) is 6.20 Å². The Bertz CT molecular complexity index is 536. The molecule has 5 heteroatoms. The minimum absolute atomic E-state index is 0.163. The molecule has 1 aromatic heterocycles. The predicted molar refractivity (Wildman–Crippen MR) is 82.6 cm³/mol. The molecule has 0 spiro atoms. The summed E-state index contributed by atoms with van der Waals surface area (Å²) >= 11 is 9.71. The lowest BCUT2D eigenvalue weighted by molar-refractivity contribution is 0.513. The molecule has 0 amide bonds. The summed E-state index contributed by atoms with van der Waals surface area (Å²) in [5.74, 6) is 0. The van der Waals surface area contributed by atoms with E-state index < -0.39 is 0 Å². The molecule has 1 heterocycles. The van der Waals surface area contributed by atoms with E-state index in [1.165, 1.54) is 5.56 Å². The van der Waals surface area contributed by atoms with Crippen LogP contribution in [0.4, 0.5) is 0 Å². The number of benzene rings is 1. The molecular formula is C14H17BrClN3. The zero-order valence-electron chi connectivity index (χ0n) is 11.0. The fraction of sp³-hybridized carbons (Fsp3) is 0.357. The average Bonchev–Trinajstić information content (AvgIpc) is 2.79. The van der Waals surface area contributed by atoms with Crippen LogP contribution >= 0.6 is 27.5 Å². The summed E-state index contributed by atoms with van der Waals surface area (Å²) in [4.78, 5) is 0. The van der Waals surface area contributed by atoms with E-state index in [0.29, 0.717) is 0 Å². The van der Waals surface area contributed by atoms with Crippen molar-refractivity contribution in [2.24, 2.45) is 0 Å². The smallest absolute Gasteiger partial charge is 0.0834 e. The Kier molecular flexibility index (Phi) is 5.02. The number of nitrogens with one attached hydrogen (secondary N) is 1. The van der Waals surface area contributed by atoms with Gasteiger partial charge in [-0.15, -0.1) is 0 Å². The van der Waals surface area contributed by atoms with Crippen molar-refractivity contribution < 1.29 is 0 Å². The summed E-state index contributed by atoms with van der Waals surface area (Å²) in [5.41, 5.74) is 2.32. The molecule has 0 bridgehead atoms. The van der Waals surface area contributed by atoms with Crippen LogP contribution in [0.2, 0.25) is 5.02 Å². The molecule has 0 aliphatic heterocycles. The molecule has 19 heavy (non-hydrogen) atoms. The third kappa shape index (κ3) is 3.38. The van der Waals surface area contributed by atoms with Crippen LogP contribution in [0.3, 0.4) is 0 Å². The molecule has 0 aliphatic rings. The van der Waals surface area contributed by atoms with E-state index in [4.69, 9.17) is 11.6 Å². The van der Waals surface area contributed by atoms with Gasteiger partial charge in [0.2, 0.25) is 0 Å². The van der Waals surface area contributed by atoms with Crippen molar-refractivity contribution in [1.29, 1.82) is 0 Å². The largest absolute Gasteiger partial charge is 0.311 e. The van der Waals surface area contributed by atoms with Crippen molar-refractivity contribution in [1.82, 2.24) is 15.1 Å². The first-order valence-electron chi connectivity index (χ1n) is 6.28. The van der Waals surface area contributed by atoms with E-state index in [9.17, 15) is 0 Å². The van der Waals surface area contributed by atoms with Crippen molar-refractivity contribution >= 4 is 27.5 Å². The van der Waals surface area contributed by atoms with Crippen molar-refractivity contribution in [3.8, 4) is 0 Å². The Balaban J connectivity index is 2.24. The zero-order chi connectivity index (χ0) is 13.8. The molecule has 3 nitrogen and oxygen atoms in total. The van der Waals surface area contributed by atoms with Gasteiger partial charge in [0, 0.05) is 11.0 Å². The van der Waals surface area contributed by atoms with E-state index in [2.05, 4.69) is 57.5 Å². The number of halogens is 2. The standard InChI is InChI=1S/C14H17BrClN3/c1-3-19-14(12(16)9-18-19)13(17-2)8-10-4-6-11(15)7-5-10/h4-7,9,13,17H,3,8H2,1-2H3. The average molecular weight is 343 g/mol. The Labute approximate surface area is 127 Å². The first-order valence-corrected chi connectivity index (χ1v) is 7.45. The molecule has 1 N–H and O–H groups in total. The van der Waals surface area contributed by atoms with Crippen LogP contribution in [0.15, 0.2) is 34.9 Å². The Morgan fingerprint density at radius 2 is 2.05 bits per heavy atom. The number of nitrogens with zero attached hydrogens (tertiary/aromatic N) is 2. The highest BCUT2D eigenvalue weighted by atomic mass is 79.9. The Hall–Kier alpha value is -0.840. The number of aromatic nitrogens is 2. The van der Waals surface area contributed by atoms with Crippen LogP contribution in [0.1, 0.15) is 24.2 Å². The van der Waals surface area contributed by atoms with Crippen LogP contribution in [-0.2, 0) is 13.0 Å². The monoisotopic (exact) mass is 341 g/mol. The Morgan fingerprint density at radius 1 is 1.37 bits per heavy atom. The van der Waals surface area contributed by atoms with Crippen molar-refractivity contribution in [2.75, 3.05) is 7.05 Å². The highest BCUT2D eigenvalue weighted by Crippen LogP contribution is 2.26. The lowest BCUT2D eigenvalue weighted by atomic mass is 10.0. The molecule has 1 aromatic carbocycles. The van der Waals surface area contributed by atoms with Crippen molar-refractivity contribution in [3.05, 3.63) is 51.2 Å². The molecule has 0 saturated heterocycles. The minimum atomic E-state index is 0.163. The molecule has 102 valence electrons. The normalized spacial score (nSPS) is 12.6. The van der Waals surface area contributed by atoms with Gasteiger partial charge in [0.1, 0.15) is 0 Å². The number of hydrogen-bond donors (Lipinski definition) is 1. The van der Waals surface area contributed by atoms with Gasteiger partial charge in [0.25, 0.3) is 0 Å². The summed E-state index contributed by atoms with van der Waals surface area (Å²) in [6.07, 6.45) is 2.60. The lowest BCUT2D eigenvalue weighted by Gasteiger charge is -2.18. The summed E-state index contributed by atoms with van der Waals surface area (Å²) in [5, 5.41) is 8.34. The maximum absolute atomic E-state index is 6.26. The molecule has 0 saturated carbocycles. The summed E-state index contributed by atoms with van der Waals surface area (Å²) in [7, 11) is 1.95. The summed E-state index contributed by atoms with van der Waals surface area (Å²) < 4.78 is 3.04. The van der Waals surface area contributed by atoms with Crippen LogP contribution < -0.4 is 5.32 Å². The lowest BCUT2D eigenvalue weighted by Crippen LogP contribution is -2.22. The first-order chi connectivity index (χ1) is 9.15. The SMILES string of the molecule is CCn1ncc(Cl)c1C(Cc1ccc(Br)cc1)NC. The fourth-order valence-electron chi connectivity index (χ4n) is 2.16. The maximum Gasteiger partial charge on any atom is 0.0834 e. The van der Waals surface area contributed by atoms with Gasteiger partial charge in [-0.1, -0.05) is 39.7 Å². The third-order valence-electron chi connectivity index (χ3n) is 3.16. The van der Waals surface area contributed by atoms with Crippen LogP contribution in [0, 0.1) is 0 Å². The van der Waals surface area contributed by atoms with Gasteiger partial charge in [0.05, 0.1) is 23.0 Å². The van der Waals surface area contributed by atoms with Crippen LogP contribution in [0.5, 0.6) is 0 Å². The molecule has 2 aromatic rings. The van der Waals surface area contributed by atoms with Crippen LogP contribution in [0.25, 0.3) is 0 Å². The second-order valence-electron chi connectivity index (χ2n) is 4.37. The number of likely N-dealkylation sites (N-methyl/N-ethyl adjacent to an activating group) is 1. The van der Waals surface area contributed by atoms with Gasteiger partial charge in [-0.25, -0.2) is 0 Å². The van der Waals surface area contributed by atoms with E-state index in [0.717, 1.165) is 28.2 Å². The van der Waals surface area contributed by atoms with E-state index >= 15 is 0 Å². The maximum atomic E-state index is 6.26. The van der Waals surface area contributed by atoms with Gasteiger partial charge in [-0.05, 0) is 38.1 Å². The van der Waals surface area contributed by atoms with E-state index in [-0.39, 0.29) is 6.04 Å². The van der Waals surface area contributed by atoms with Gasteiger partial charge in [0.15, 0.2) is 0 Å². The molecule has 1 atom stereocenters. The first kappa shape index (κ1) is 14.6. The molecule has 2 rings (SSSR count). The molecular weight excluding hydrogens is 326 g/mol. The van der Waals surface area contributed by atoms with Crippen molar-refractivity contribution in [3.63, 3.8) is 0 Å². The minimum Gasteiger partial charge on any atom is -0.311 e. The molecule has 0 aliphatic carbocycles.